The quantitative estimate of drug-likeness (QED) is 0.870. The fourth-order valence-electron chi connectivity index (χ4n) is 3.03. The van der Waals surface area contributed by atoms with Crippen molar-refractivity contribution in [3.63, 3.8) is 0 Å². The van der Waals surface area contributed by atoms with Gasteiger partial charge in [0.25, 0.3) is 5.91 Å². The molecule has 6 nitrogen and oxygen atoms in total. The number of halogens is 1. The second kappa shape index (κ2) is 8.36. The Bertz CT molecular complexity index is 703. The van der Waals surface area contributed by atoms with E-state index in [0.29, 0.717) is 44.7 Å². The molecule has 7 heteroatoms. The molecule has 1 fully saturated rings. The van der Waals surface area contributed by atoms with Gasteiger partial charge in [-0.15, -0.1) is 12.4 Å². The van der Waals surface area contributed by atoms with Crippen molar-refractivity contribution in [3.8, 4) is 0 Å². The Kier molecular flexibility index (Phi) is 6.45. The monoisotopic (exact) mass is 364 g/mol. The van der Waals surface area contributed by atoms with E-state index in [1.165, 1.54) is 0 Å². The Morgan fingerprint density at radius 3 is 2.44 bits per heavy atom. The van der Waals surface area contributed by atoms with Gasteiger partial charge >= 0.3 is 0 Å². The summed E-state index contributed by atoms with van der Waals surface area (Å²) in [4.78, 5) is 31.6. The van der Waals surface area contributed by atoms with Crippen LogP contribution in [0.25, 0.3) is 10.9 Å². The highest BCUT2D eigenvalue weighted by atomic mass is 35.5. The molecule has 3 rings (SSSR count). The maximum Gasteiger partial charge on any atom is 0.270 e. The molecular formula is C18H25ClN4O2. The molecule has 0 radical (unpaired) electrons. The molecule has 3 N–H and O–H groups in total. The van der Waals surface area contributed by atoms with Crippen molar-refractivity contribution in [2.24, 2.45) is 5.73 Å². The van der Waals surface area contributed by atoms with E-state index >= 15 is 0 Å². The number of benzene rings is 1. The number of carbonyl (C=O) groups is 2. The van der Waals surface area contributed by atoms with E-state index in [-0.39, 0.29) is 30.3 Å². The van der Waals surface area contributed by atoms with Crippen molar-refractivity contribution in [2.75, 3.05) is 26.2 Å². The minimum Gasteiger partial charge on any atom is -0.351 e. The van der Waals surface area contributed by atoms with Gasteiger partial charge in [-0.25, -0.2) is 0 Å². The summed E-state index contributed by atoms with van der Waals surface area (Å²) in [6, 6.07) is 9.77. The molecule has 2 heterocycles. The molecule has 1 aromatic heterocycles. The molecule has 1 atom stereocenters. The lowest BCUT2D eigenvalue weighted by molar-refractivity contribution is -0.132. The van der Waals surface area contributed by atoms with Gasteiger partial charge in [-0.3, -0.25) is 9.59 Å². The normalized spacial score (nSPS) is 15.8. The van der Waals surface area contributed by atoms with Crippen LogP contribution >= 0.6 is 12.4 Å². The Labute approximate surface area is 153 Å². The van der Waals surface area contributed by atoms with Gasteiger partial charge < -0.3 is 20.5 Å². The zero-order valence-corrected chi connectivity index (χ0v) is 15.2. The molecular weight excluding hydrogens is 340 g/mol. The molecule has 0 spiro atoms. The maximum atomic E-state index is 12.6. The molecule has 1 aliphatic heterocycles. The van der Waals surface area contributed by atoms with Gasteiger partial charge in [0, 0.05) is 49.5 Å². The molecule has 136 valence electrons. The number of hydrogen-bond acceptors (Lipinski definition) is 3. The average molecular weight is 365 g/mol. The van der Waals surface area contributed by atoms with Crippen molar-refractivity contribution in [1.82, 2.24) is 14.8 Å². The number of aromatic nitrogens is 1. The number of fused-ring (bicyclic) bond motifs is 1. The third-order valence-electron chi connectivity index (χ3n) is 4.49. The molecule has 2 aromatic rings. The highest BCUT2D eigenvalue weighted by Crippen LogP contribution is 2.17. The molecule has 25 heavy (non-hydrogen) atoms. The average Bonchev–Trinajstić information content (AvgIpc) is 3.03. The lowest BCUT2D eigenvalue weighted by Gasteiger charge is -2.34. The van der Waals surface area contributed by atoms with E-state index in [1.54, 1.807) is 4.90 Å². The van der Waals surface area contributed by atoms with Crippen LogP contribution in [0.1, 0.15) is 30.3 Å². The van der Waals surface area contributed by atoms with Crippen LogP contribution in [-0.4, -0.2) is 58.8 Å². The minimum absolute atomic E-state index is 0. The number of aromatic amines is 1. The number of hydrogen-bond donors (Lipinski definition) is 2. The Hall–Kier alpha value is -2.05. The zero-order chi connectivity index (χ0) is 17.1. The highest BCUT2D eigenvalue weighted by molar-refractivity contribution is 5.98. The van der Waals surface area contributed by atoms with Crippen LogP contribution < -0.4 is 5.73 Å². The first-order chi connectivity index (χ1) is 11.5. The first-order valence-corrected chi connectivity index (χ1v) is 8.45. The summed E-state index contributed by atoms with van der Waals surface area (Å²) in [5.41, 5.74) is 7.27. The number of rotatable bonds is 4. The number of H-pyrrole nitrogens is 1. The Morgan fingerprint density at radius 1 is 1.16 bits per heavy atom. The summed E-state index contributed by atoms with van der Waals surface area (Å²) in [6.45, 7) is 4.22. The third kappa shape index (κ3) is 4.52. The lowest BCUT2D eigenvalue weighted by atomic mass is 10.1. The SMILES string of the molecule is CC(N)CCC(=O)N1CCN(C(=O)c2cc3ccccc3[nH]2)CC1.Cl. The smallest absolute Gasteiger partial charge is 0.270 e. The van der Waals surface area contributed by atoms with E-state index in [2.05, 4.69) is 4.98 Å². The summed E-state index contributed by atoms with van der Waals surface area (Å²) in [6.07, 6.45) is 1.18. The molecule has 1 aliphatic rings. The van der Waals surface area contributed by atoms with E-state index in [0.717, 1.165) is 10.9 Å². The number of para-hydroxylation sites is 1. The van der Waals surface area contributed by atoms with Crippen LogP contribution in [0, 0.1) is 0 Å². The Balaban J connectivity index is 0.00000225. The van der Waals surface area contributed by atoms with Gasteiger partial charge in [-0.05, 0) is 25.5 Å². The second-order valence-corrected chi connectivity index (χ2v) is 6.46. The third-order valence-corrected chi connectivity index (χ3v) is 4.49. The zero-order valence-electron chi connectivity index (χ0n) is 14.4. The summed E-state index contributed by atoms with van der Waals surface area (Å²) in [7, 11) is 0. The fourth-order valence-corrected chi connectivity index (χ4v) is 3.03. The predicted octanol–water partition coefficient (Wildman–Crippen LogP) is 2.00. The van der Waals surface area contributed by atoms with Gasteiger partial charge in [-0.1, -0.05) is 18.2 Å². The van der Waals surface area contributed by atoms with Gasteiger partial charge in [0.2, 0.25) is 5.91 Å². The number of piperazine rings is 1. The number of carbonyl (C=O) groups excluding carboxylic acids is 2. The molecule has 0 bridgehead atoms. The number of nitrogens with one attached hydrogen (secondary N) is 1. The van der Waals surface area contributed by atoms with Crippen LogP contribution in [-0.2, 0) is 4.79 Å². The number of amides is 2. The van der Waals surface area contributed by atoms with E-state index in [1.807, 2.05) is 42.2 Å². The van der Waals surface area contributed by atoms with Gasteiger partial charge in [0.1, 0.15) is 5.69 Å². The minimum atomic E-state index is -0.00567. The van der Waals surface area contributed by atoms with Crippen LogP contribution in [0.5, 0.6) is 0 Å². The first kappa shape index (κ1) is 19.3. The van der Waals surface area contributed by atoms with Gasteiger partial charge in [-0.2, -0.15) is 0 Å². The first-order valence-electron chi connectivity index (χ1n) is 8.45. The molecule has 2 amide bonds. The van der Waals surface area contributed by atoms with Crippen molar-refractivity contribution in [2.45, 2.75) is 25.8 Å². The molecule has 0 saturated carbocycles. The summed E-state index contributed by atoms with van der Waals surface area (Å²) >= 11 is 0. The number of nitrogens with two attached hydrogens (primary N) is 1. The maximum absolute atomic E-state index is 12.6. The van der Waals surface area contributed by atoms with Crippen LogP contribution in [0.3, 0.4) is 0 Å². The largest absolute Gasteiger partial charge is 0.351 e. The fraction of sp³-hybridized carbons (Fsp3) is 0.444. The van der Waals surface area contributed by atoms with E-state index < -0.39 is 0 Å². The van der Waals surface area contributed by atoms with Crippen LogP contribution in [0.4, 0.5) is 0 Å². The van der Waals surface area contributed by atoms with Crippen LogP contribution in [0.2, 0.25) is 0 Å². The molecule has 1 aromatic carbocycles. The van der Waals surface area contributed by atoms with Crippen molar-refractivity contribution >= 4 is 35.1 Å². The van der Waals surface area contributed by atoms with Crippen molar-refractivity contribution in [3.05, 3.63) is 36.0 Å². The second-order valence-electron chi connectivity index (χ2n) is 6.46. The van der Waals surface area contributed by atoms with Crippen molar-refractivity contribution in [1.29, 1.82) is 0 Å². The van der Waals surface area contributed by atoms with Gasteiger partial charge in [0.15, 0.2) is 0 Å². The summed E-state index contributed by atoms with van der Waals surface area (Å²) < 4.78 is 0. The highest BCUT2D eigenvalue weighted by Gasteiger charge is 2.25. The molecule has 1 unspecified atom stereocenters. The van der Waals surface area contributed by atoms with Crippen LogP contribution in [0.15, 0.2) is 30.3 Å². The summed E-state index contributed by atoms with van der Waals surface area (Å²) in [5.74, 6) is 0.124. The van der Waals surface area contributed by atoms with E-state index in [4.69, 9.17) is 5.73 Å². The Morgan fingerprint density at radius 2 is 1.80 bits per heavy atom. The number of nitrogens with zero attached hydrogens (tertiary/aromatic N) is 2. The topological polar surface area (TPSA) is 82.4 Å². The van der Waals surface area contributed by atoms with Gasteiger partial charge in [0.05, 0.1) is 0 Å². The predicted molar refractivity (Wildman–Crippen MR) is 101 cm³/mol. The standard InChI is InChI=1S/C18H24N4O2.ClH/c1-13(19)6-7-17(23)21-8-10-22(11-9-21)18(24)16-12-14-4-2-3-5-15(14)20-16;/h2-5,12-13,20H,6-11,19H2,1H3;1H. The summed E-state index contributed by atoms with van der Waals surface area (Å²) in [5, 5.41) is 1.03. The lowest BCUT2D eigenvalue weighted by Crippen LogP contribution is -2.50. The van der Waals surface area contributed by atoms with E-state index in [9.17, 15) is 9.59 Å². The molecule has 1 saturated heterocycles. The molecule has 0 aliphatic carbocycles. The van der Waals surface area contributed by atoms with Crippen molar-refractivity contribution < 1.29 is 9.59 Å².